The van der Waals surface area contributed by atoms with Crippen LogP contribution >= 0.6 is 11.6 Å². The molecule has 0 spiro atoms. The minimum atomic E-state index is -3.70. The van der Waals surface area contributed by atoms with E-state index in [1.807, 2.05) is 42.5 Å². The predicted molar refractivity (Wildman–Crippen MR) is 151 cm³/mol. The molecule has 0 aromatic heterocycles. The Kier molecular flexibility index (Phi) is 8.90. The number of phenolic OH excluding ortho intramolecular Hbond substituents is 1. The number of nitrogens with zero attached hydrogens (tertiary/aromatic N) is 1. The van der Waals surface area contributed by atoms with Gasteiger partial charge in [-0.3, -0.25) is 4.90 Å². The monoisotopic (exact) mass is 549 g/mol. The van der Waals surface area contributed by atoms with Gasteiger partial charge in [0.1, 0.15) is 5.75 Å². The summed E-state index contributed by atoms with van der Waals surface area (Å²) in [6.45, 7) is 5.16. The van der Waals surface area contributed by atoms with Gasteiger partial charge in [0.15, 0.2) is 0 Å². The number of halogens is 1. The smallest absolute Gasteiger partial charge is 0.206 e. The molecule has 198 valence electrons. The molecule has 0 aliphatic carbocycles. The number of sulfone groups is 1. The number of rotatable bonds is 10. The molecule has 0 bridgehead atoms. The van der Waals surface area contributed by atoms with E-state index in [0.717, 1.165) is 16.7 Å². The molecule has 2 N–H and O–H groups in total. The average molecular weight is 550 g/mol. The Balaban J connectivity index is 1.48. The SMILES string of the molecule is Cc1cc(S(=O)(=O)c2ccc(CCN(Cc3ccccc3)CC(O)c3cccc(Cl)c3)cc2)cc(C)c1O. The molecule has 1 unspecified atom stereocenters. The zero-order chi connectivity index (χ0) is 27.3. The van der Waals surface area contributed by atoms with Crippen molar-refractivity contribution in [3.8, 4) is 5.75 Å². The van der Waals surface area contributed by atoms with Crippen molar-refractivity contribution in [2.24, 2.45) is 0 Å². The molecule has 5 nitrogen and oxygen atoms in total. The van der Waals surface area contributed by atoms with Gasteiger partial charge in [-0.1, -0.05) is 66.2 Å². The molecule has 1 atom stereocenters. The fourth-order valence-electron chi connectivity index (χ4n) is 4.47. The lowest BCUT2D eigenvalue weighted by molar-refractivity contribution is 0.109. The van der Waals surface area contributed by atoms with Crippen LogP contribution in [-0.2, 0) is 22.8 Å². The van der Waals surface area contributed by atoms with Crippen LogP contribution in [0.2, 0.25) is 5.02 Å². The van der Waals surface area contributed by atoms with Gasteiger partial charge < -0.3 is 10.2 Å². The van der Waals surface area contributed by atoms with Crippen molar-refractivity contribution < 1.29 is 18.6 Å². The van der Waals surface area contributed by atoms with E-state index < -0.39 is 15.9 Å². The van der Waals surface area contributed by atoms with Crippen LogP contribution in [0.15, 0.2) is 101 Å². The first-order valence-electron chi connectivity index (χ1n) is 12.5. The van der Waals surface area contributed by atoms with E-state index in [4.69, 9.17) is 11.6 Å². The van der Waals surface area contributed by atoms with E-state index in [1.54, 1.807) is 38.1 Å². The minimum absolute atomic E-state index is 0.111. The standard InChI is InChI=1S/C31H32ClNO4S/c1-22-17-29(18-23(2)31(22)35)38(36,37)28-13-11-24(12-14-28)15-16-33(20-25-7-4-3-5-8-25)21-30(34)26-9-6-10-27(32)19-26/h3-14,17-19,30,34-35H,15-16,20-21H2,1-2H3. The summed E-state index contributed by atoms with van der Waals surface area (Å²) < 4.78 is 26.4. The third-order valence-electron chi connectivity index (χ3n) is 6.64. The Bertz CT molecular complexity index is 1470. The highest BCUT2D eigenvalue weighted by Gasteiger charge is 2.20. The molecule has 7 heteroatoms. The van der Waals surface area contributed by atoms with Gasteiger partial charge in [-0.2, -0.15) is 0 Å². The number of aryl methyl sites for hydroxylation is 2. The first kappa shape index (κ1) is 27.9. The lowest BCUT2D eigenvalue weighted by Gasteiger charge is -2.25. The maximum Gasteiger partial charge on any atom is 0.206 e. The van der Waals surface area contributed by atoms with Crippen LogP contribution in [0.3, 0.4) is 0 Å². The second-order valence-electron chi connectivity index (χ2n) is 9.59. The second-order valence-corrected chi connectivity index (χ2v) is 12.0. The highest BCUT2D eigenvalue weighted by atomic mass is 35.5. The maximum atomic E-state index is 13.2. The molecule has 0 saturated carbocycles. The van der Waals surface area contributed by atoms with Crippen molar-refractivity contribution in [1.29, 1.82) is 0 Å². The second kappa shape index (κ2) is 12.1. The Hall–Kier alpha value is -3.16. The maximum absolute atomic E-state index is 13.2. The van der Waals surface area contributed by atoms with Gasteiger partial charge in [0.25, 0.3) is 0 Å². The number of phenols is 1. The van der Waals surface area contributed by atoms with Crippen LogP contribution in [0.4, 0.5) is 0 Å². The molecule has 4 rings (SSSR count). The van der Waals surface area contributed by atoms with Crippen molar-refractivity contribution in [2.45, 2.75) is 42.7 Å². The molecular formula is C31H32ClNO4S. The Morgan fingerprint density at radius 2 is 1.47 bits per heavy atom. The Labute approximate surface area is 229 Å². The van der Waals surface area contributed by atoms with Crippen molar-refractivity contribution >= 4 is 21.4 Å². The van der Waals surface area contributed by atoms with Gasteiger partial charge in [0.05, 0.1) is 15.9 Å². The molecule has 0 amide bonds. The average Bonchev–Trinajstić information content (AvgIpc) is 2.91. The Morgan fingerprint density at radius 3 is 2.11 bits per heavy atom. The van der Waals surface area contributed by atoms with Crippen molar-refractivity contribution in [1.82, 2.24) is 4.90 Å². The Morgan fingerprint density at radius 1 is 0.816 bits per heavy atom. The minimum Gasteiger partial charge on any atom is -0.507 e. The summed E-state index contributed by atoms with van der Waals surface area (Å²) in [7, 11) is -3.70. The van der Waals surface area contributed by atoms with E-state index in [0.29, 0.717) is 42.2 Å². The van der Waals surface area contributed by atoms with Crippen molar-refractivity contribution in [2.75, 3.05) is 13.1 Å². The fourth-order valence-corrected chi connectivity index (χ4v) is 6.10. The summed E-state index contributed by atoms with van der Waals surface area (Å²) in [6.07, 6.45) is -0.00510. The number of aliphatic hydroxyl groups excluding tert-OH is 1. The molecule has 0 aliphatic rings. The van der Waals surface area contributed by atoms with Gasteiger partial charge in [-0.05, 0) is 84.5 Å². The quantitative estimate of drug-likeness (QED) is 0.244. The number of hydrogen-bond acceptors (Lipinski definition) is 5. The normalized spacial score (nSPS) is 12.6. The third-order valence-corrected chi connectivity index (χ3v) is 8.62. The summed E-state index contributed by atoms with van der Waals surface area (Å²) in [5, 5.41) is 21.5. The van der Waals surface area contributed by atoms with Crippen LogP contribution in [-0.4, -0.2) is 36.6 Å². The number of benzene rings is 4. The molecular weight excluding hydrogens is 518 g/mol. The van der Waals surface area contributed by atoms with Gasteiger partial charge in [0, 0.05) is 24.7 Å². The summed E-state index contributed by atoms with van der Waals surface area (Å²) in [6, 6.07) is 27.3. The molecule has 0 fully saturated rings. The third kappa shape index (κ3) is 6.83. The summed E-state index contributed by atoms with van der Waals surface area (Å²) >= 11 is 6.12. The number of aliphatic hydroxyl groups is 1. The lowest BCUT2D eigenvalue weighted by Crippen LogP contribution is -2.30. The van der Waals surface area contributed by atoms with Crippen molar-refractivity contribution in [3.05, 3.63) is 124 Å². The van der Waals surface area contributed by atoms with Crippen molar-refractivity contribution in [3.63, 3.8) is 0 Å². The molecule has 0 aliphatic heterocycles. The van der Waals surface area contributed by atoms with E-state index >= 15 is 0 Å². The highest BCUT2D eigenvalue weighted by molar-refractivity contribution is 7.91. The molecule has 38 heavy (non-hydrogen) atoms. The molecule has 4 aromatic rings. The molecule has 0 saturated heterocycles. The lowest BCUT2D eigenvalue weighted by atomic mass is 10.1. The van der Waals surface area contributed by atoms with Crippen LogP contribution in [0, 0.1) is 13.8 Å². The van der Waals surface area contributed by atoms with Crippen LogP contribution in [0.25, 0.3) is 0 Å². The predicted octanol–water partition coefficient (Wildman–Crippen LogP) is 6.27. The number of aromatic hydroxyl groups is 1. The van der Waals surface area contributed by atoms with Gasteiger partial charge >= 0.3 is 0 Å². The molecule has 0 heterocycles. The molecule has 4 aromatic carbocycles. The van der Waals surface area contributed by atoms with E-state index in [2.05, 4.69) is 17.0 Å². The largest absolute Gasteiger partial charge is 0.507 e. The fraction of sp³-hybridized carbons (Fsp3) is 0.226. The van der Waals surface area contributed by atoms with E-state index in [9.17, 15) is 18.6 Å². The first-order valence-corrected chi connectivity index (χ1v) is 14.3. The topological polar surface area (TPSA) is 77.8 Å². The summed E-state index contributed by atoms with van der Waals surface area (Å²) in [5.74, 6) is 0.111. The van der Waals surface area contributed by atoms with E-state index in [1.165, 1.54) is 12.1 Å². The zero-order valence-electron chi connectivity index (χ0n) is 21.5. The van der Waals surface area contributed by atoms with Gasteiger partial charge in [-0.15, -0.1) is 0 Å². The summed E-state index contributed by atoms with van der Waals surface area (Å²) in [5.41, 5.74) is 3.96. The van der Waals surface area contributed by atoms with Gasteiger partial charge in [-0.25, -0.2) is 8.42 Å². The van der Waals surface area contributed by atoms with Crippen LogP contribution < -0.4 is 0 Å². The van der Waals surface area contributed by atoms with Crippen LogP contribution in [0.5, 0.6) is 5.75 Å². The van der Waals surface area contributed by atoms with Crippen LogP contribution in [0.1, 0.15) is 33.9 Å². The number of hydrogen-bond donors (Lipinski definition) is 2. The van der Waals surface area contributed by atoms with E-state index in [-0.39, 0.29) is 15.5 Å². The first-order chi connectivity index (χ1) is 18.1. The zero-order valence-corrected chi connectivity index (χ0v) is 23.1. The highest BCUT2D eigenvalue weighted by Crippen LogP contribution is 2.29. The summed E-state index contributed by atoms with van der Waals surface area (Å²) in [4.78, 5) is 2.57. The molecule has 0 radical (unpaired) electrons. The van der Waals surface area contributed by atoms with Gasteiger partial charge in [0.2, 0.25) is 9.84 Å².